The molecule has 1 aliphatic rings. The van der Waals surface area contributed by atoms with Crippen LogP contribution in [0, 0.1) is 0 Å². The number of carbonyl (C=O) groups excluding carboxylic acids is 1. The summed E-state index contributed by atoms with van der Waals surface area (Å²) in [4.78, 5) is 11.0. The molecule has 82 valence electrons. The summed E-state index contributed by atoms with van der Waals surface area (Å²) >= 11 is -2.72. The predicted octanol–water partition coefficient (Wildman–Crippen LogP) is 2.87. The number of hydrogen-bond acceptors (Lipinski definition) is 1. The van der Waals surface area contributed by atoms with Crippen LogP contribution in [0.2, 0.25) is 11.6 Å². The number of halogens is 5. The average Bonchev–Trinajstić information content (AvgIpc) is 2.20. The Morgan fingerprint density at radius 2 is 1.47 bits per heavy atom. The van der Waals surface area contributed by atoms with Crippen molar-refractivity contribution in [1.82, 2.24) is 0 Å². The summed E-state index contributed by atoms with van der Waals surface area (Å²) in [7, 11) is 0. The highest BCUT2D eigenvalue weighted by molar-refractivity contribution is 6.66. The first-order chi connectivity index (χ1) is 6.74. The molecule has 1 unspecified atom stereocenters. The maximum Gasteiger partial charge on any atom is 0.338 e. The Morgan fingerprint density at radius 1 is 1.00 bits per heavy atom. The van der Waals surface area contributed by atoms with Crippen LogP contribution in [0.25, 0.3) is 0 Å². The molecule has 1 rings (SSSR count). The van der Waals surface area contributed by atoms with E-state index >= 15 is 0 Å². The fourth-order valence-corrected chi connectivity index (χ4v) is 2.51. The normalized spacial score (nSPS) is 27.5. The lowest BCUT2D eigenvalue weighted by atomic mass is 10.1. The maximum atomic E-state index is 13.8. The minimum atomic E-state index is -3.32. The molecule has 0 spiro atoms. The Bertz CT molecular complexity index is 386. The van der Waals surface area contributed by atoms with Crippen molar-refractivity contribution in [2.45, 2.75) is 16.1 Å². The molecule has 0 bridgehead atoms. The van der Waals surface area contributed by atoms with Gasteiger partial charge in [-0.25, -0.2) is 17.6 Å². The van der Waals surface area contributed by atoms with Gasteiger partial charge in [0.15, 0.2) is 16.2 Å². The predicted molar refractivity (Wildman–Crippen MR) is 44.8 cm³/mol. The molecular formula is C8H6AlF5O. The van der Waals surface area contributed by atoms with E-state index in [1.54, 1.807) is 0 Å². The quantitative estimate of drug-likeness (QED) is 0.508. The van der Waals surface area contributed by atoms with Crippen molar-refractivity contribution < 1.29 is 26.7 Å². The third-order valence-electron chi connectivity index (χ3n) is 2.22. The van der Waals surface area contributed by atoms with Crippen LogP contribution < -0.4 is 0 Å². The van der Waals surface area contributed by atoms with E-state index in [4.69, 9.17) is 0 Å². The van der Waals surface area contributed by atoms with Crippen molar-refractivity contribution in [3.05, 3.63) is 23.3 Å². The van der Waals surface area contributed by atoms with Crippen molar-refractivity contribution in [3.8, 4) is 0 Å². The number of alkyl halides is 1. The fourth-order valence-electron chi connectivity index (χ4n) is 1.23. The van der Waals surface area contributed by atoms with Crippen LogP contribution in [-0.4, -0.2) is 24.5 Å². The van der Waals surface area contributed by atoms with E-state index < -0.39 is 47.8 Å². The topological polar surface area (TPSA) is 17.1 Å². The van der Waals surface area contributed by atoms with Crippen LogP contribution in [0.4, 0.5) is 22.0 Å². The minimum Gasteiger partial charge on any atom is -0.289 e. The highest BCUT2D eigenvalue weighted by Gasteiger charge is 2.56. The number of ketones is 1. The van der Waals surface area contributed by atoms with Crippen molar-refractivity contribution in [2.24, 2.45) is 0 Å². The molecule has 0 heterocycles. The highest BCUT2D eigenvalue weighted by Crippen LogP contribution is 2.41. The maximum absolute atomic E-state index is 13.8. The minimum absolute atomic E-state index is 1.20. The van der Waals surface area contributed by atoms with Gasteiger partial charge in [-0.15, -0.1) is 11.6 Å². The molecule has 1 atom stereocenters. The Balaban J connectivity index is 3.46. The molecule has 0 aromatic heterocycles. The number of Topliss-reactive ketones (excluding diaryl/α,β-unsaturated/α-hetero) is 1. The zero-order valence-corrected chi connectivity index (χ0v) is 9.03. The standard InChI is InChI=1S/C6F5O.2CH3.Al/c7-1-2(8)4(10)6(12)5(11)3(1)9;;;/h;2*1H3;. The fraction of sp³-hybridized carbons (Fsp3) is 0.375. The van der Waals surface area contributed by atoms with Crippen LogP contribution in [-0.2, 0) is 4.79 Å². The van der Waals surface area contributed by atoms with Gasteiger partial charge in [-0.2, -0.15) is 4.39 Å². The van der Waals surface area contributed by atoms with Crippen LogP contribution in [0.5, 0.6) is 0 Å². The summed E-state index contributed by atoms with van der Waals surface area (Å²) in [6.45, 7) is 0. The van der Waals surface area contributed by atoms with Gasteiger partial charge >= 0.3 is 14.1 Å². The van der Waals surface area contributed by atoms with Gasteiger partial charge in [-0.05, 0) is 0 Å². The lowest BCUT2D eigenvalue weighted by molar-refractivity contribution is -0.123. The largest absolute Gasteiger partial charge is 0.338 e. The van der Waals surface area contributed by atoms with Crippen LogP contribution >= 0.6 is 0 Å². The number of hydrogen-bond donors (Lipinski definition) is 0. The van der Waals surface area contributed by atoms with Crippen LogP contribution in [0.1, 0.15) is 0 Å². The van der Waals surface area contributed by atoms with E-state index in [-0.39, 0.29) is 0 Å². The van der Waals surface area contributed by atoms with Crippen molar-refractivity contribution >= 4 is 19.9 Å². The summed E-state index contributed by atoms with van der Waals surface area (Å²) in [6.07, 6.45) is 0. The third kappa shape index (κ3) is 1.54. The lowest BCUT2D eigenvalue weighted by Gasteiger charge is -2.26. The number of allylic oxidation sites excluding steroid dienone is 4. The first-order valence-electron chi connectivity index (χ1n) is 4.09. The SMILES string of the molecule is [CH3][Al]([CH3])[C]1(F)C(=O)C(F)=C(F)C(F)=C1F. The monoisotopic (exact) mass is 240 g/mol. The van der Waals surface area contributed by atoms with Gasteiger partial charge in [0.05, 0.1) is 0 Å². The molecule has 0 N–H and O–H groups in total. The van der Waals surface area contributed by atoms with Gasteiger partial charge < -0.3 is 0 Å². The molecule has 0 radical (unpaired) electrons. The van der Waals surface area contributed by atoms with Gasteiger partial charge in [-0.1, -0.05) is 0 Å². The molecule has 0 aliphatic heterocycles. The third-order valence-corrected chi connectivity index (χ3v) is 4.33. The Labute approximate surface area is 86.6 Å². The summed E-state index contributed by atoms with van der Waals surface area (Å²) in [6, 6.07) is 0. The Hall–Kier alpha value is -0.668. The molecule has 0 aromatic carbocycles. The molecule has 1 aliphatic carbocycles. The summed E-state index contributed by atoms with van der Waals surface area (Å²) in [5.74, 6) is -8.41. The Morgan fingerprint density at radius 3 is 1.87 bits per heavy atom. The molecule has 0 fully saturated rings. The van der Waals surface area contributed by atoms with Gasteiger partial charge in [0, 0.05) is 0 Å². The van der Waals surface area contributed by atoms with E-state index in [1.807, 2.05) is 0 Å². The van der Waals surface area contributed by atoms with Crippen LogP contribution in [0.15, 0.2) is 23.3 Å². The molecule has 7 heteroatoms. The van der Waals surface area contributed by atoms with E-state index in [1.165, 1.54) is 11.6 Å². The second-order valence-electron chi connectivity index (χ2n) is 3.45. The van der Waals surface area contributed by atoms with E-state index in [2.05, 4.69) is 0 Å². The summed E-state index contributed by atoms with van der Waals surface area (Å²) < 4.78 is 61.5. The number of carbonyl (C=O) groups is 1. The van der Waals surface area contributed by atoms with Gasteiger partial charge in [0.25, 0.3) is 0 Å². The lowest BCUT2D eigenvalue weighted by Crippen LogP contribution is -2.48. The molecular weight excluding hydrogens is 234 g/mol. The molecule has 0 amide bonds. The van der Waals surface area contributed by atoms with E-state index in [0.717, 1.165) is 0 Å². The van der Waals surface area contributed by atoms with E-state index in [0.29, 0.717) is 0 Å². The zero-order valence-electron chi connectivity index (χ0n) is 7.88. The van der Waals surface area contributed by atoms with Gasteiger partial charge in [-0.3, -0.25) is 4.79 Å². The van der Waals surface area contributed by atoms with Crippen molar-refractivity contribution in [1.29, 1.82) is 0 Å². The first-order valence-corrected chi connectivity index (χ1v) is 6.98. The van der Waals surface area contributed by atoms with Crippen LogP contribution in [0.3, 0.4) is 0 Å². The van der Waals surface area contributed by atoms with Gasteiger partial charge in [0.1, 0.15) is 0 Å². The van der Waals surface area contributed by atoms with Crippen molar-refractivity contribution in [3.63, 3.8) is 0 Å². The average molecular weight is 240 g/mol. The molecule has 15 heavy (non-hydrogen) atoms. The zero-order chi connectivity index (χ0) is 12.0. The smallest absolute Gasteiger partial charge is 0.289 e. The number of rotatable bonds is 1. The summed E-state index contributed by atoms with van der Waals surface area (Å²) in [5.41, 5.74) is 0. The van der Waals surface area contributed by atoms with Gasteiger partial charge in [0.2, 0.25) is 17.4 Å². The van der Waals surface area contributed by atoms with E-state index in [9.17, 15) is 26.7 Å². The molecule has 0 saturated carbocycles. The summed E-state index contributed by atoms with van der Waals surface area (Å²) in [5, 5.41) is 0. The second kappa shape index (κ2) is 3.72. The molecule has 0 aromatic rings. The second-order valence-corrected chi connectivity index (χ2v) is 6.56. The Kier molecular flexibility index (Phi) is 3.08. The first kappa shape index (κ1) is 12.4. The highest BCUT2D eigenvalue weighted by atomic mass is 27.2. The molecule has 0 saturated heterocycles. The van der Waals surface area contributed by atoms with Crippen molar-refractivity contribution in [2.75, 3.05) is 0 Å². The molecule has 1 nitrogen and oxygen atoms in total.